The van der Waals surface area contributed by atoms with Gasteiger partial charge in [-0.1, -0.05) is 0 Å². The molecule has 0 unspecified atom stereocenters. The number of nitrogens with one attached hydrogen (secondary N) is 1. The van der Waals surface area contributed by atoms with Gasteiger partial charge in [-0.3, -0.25) is 0 Å². The smallest absolute Gasteiger partial charge is 0.456 e. The van der Waals surface area contributed by atoms with E-state index in [4.69, 9.17) is 0 Å². The van der Waals surface area contributed by atoms with Gasteiger partial charge in [-0.05, 0) is 27.7 Å². The number of piperidine rings is 1. The fourth-order valence-corrected chi connectivity index (χ4v) is 2.53. The van der Waals surface area contributed by atoms with E-state index in [9.17, 15) is 18.0 Å². The number of hydrogen-bond acceptors (Lipinski definition) is 3. The molecule has 1 aliphatic rings. The van der Waals surface area contributed by atoms with Crippen LogP contribution in [0.3, 0.4) is 0 Å². The molecule has 3 nitrogen and oxygen atoms in total. The van der Waals surface area contributed by atoms with E-state index in [1.54, 1.807) is 0 Å². The summed E-state index contributed by atoms with van der Waals surface area (Å²) in [5.41, 5.74) is -0.698. The molecule has 0 aliphatic carbocycles. The van der Waals surface area contributed by atoms with Crippen molar-refractivity contribution in [3.05, 3.63) is 0 Å². The highest BCUT2D eigenvalue weighted by Crippen LogP contribution is 2.31. The summed E-state index contributed by atoms with van der Waals surface area (Å²) in [4.78, 5) is 10.8. The quantitative estimate of drug-likeness (QED) is 0.729. The maximum absolute atomic E-state index is 12.1. The van der Waals surface area contributed by atoms with E-state index in [0.29, 0.717) is 12.8 Å². The van der Waals surface area contributed by atoms with Crippen LogP contribution in [0.4, 0.5) is 13.2 Å². The molecular weight excluding hydrogens is 235 g/mol. The van der Waals surface area contributed by atoms with Crippen LogP contribution in [-0.4, -0.2) is 29.3 Å². The molecule has 0 radical (unpaired) electrons. The van der Waals surface area contributed by atoms with Crippen molar-refractivity contribution in [3.8, 4) is 0 Å². The lowest BCUT2D eigenvalue weighted by Crippen LogP contribution is -2.60. The number of esters is 1. The highest BCUT2D eigenvalue weighted by atomic mass is 19.4. The topological polar surface area (TPSA) is 38.3 Å². The molecule has 0 aromatic heterocycles. The predicted molar refractivity (Wildman–Crippen MR) is 56.5 cm³/mol. The summed E-state index contributed by atoms with van der Waals surface area (Å²) in [5, 5.41) is 3.30. The zero-order valence-electron chi connectivity index (χ0n) is 10.4. The summed E-state index contributed by atoms with van der Waals surface area (Å²) in [7, 11) is 0. The second kappa shape index (κ2) is 4.15. The van der Waals surface area contributed by atoms with Gasteiger partial charge in [0.05, 0.1) is 0 Å². The SMILES string of the molecule is CC1(C)CC(OC(=O)C(F)(F)F)CC(C)(C)N1. The molecule has 1 aliphatic heterocycles. The van der Waals surface area contributed by atoms with Gasteiger partial charge in [0.15, 0.2) is 0 Å². The van der Waals surface area contributed by atoms with E-state index in [1.165, 1.54) is 0 Å². The van der Waals surface area contributed by atoms with Crippen LogP contribution in [0.5, 0.6) is 0 Å². The van der Waals surface area contributed by atoms with Crippen molar-refractivity contribution in [2.45, 2.75) is 63.9 Å². The maximum Gasteiger partial charge on any atom is 0.490 e. The molecule has 6 heteroatoms. The van der Waals surface area contributed by atoms with Crippen molar-refractivity contribution < 1.29 is 22.7 Å². The van der Waals surface area contributed by atoms with Gasteiger partial charge in [-0.25, -0.2) is 4.79 Å². The lowest BCUT2D eigenvalue weighted by atomic mass is 9.81. The monoisotopic (exact) mass is 253 g/mol. The first kappa shape index (κ1) is 14.3. The summed E-state index contributed by atoms with van der Waals surface area (Å²) >= 11 is 0. The maximum atomic E-state index is 12.1. The van der Waals surface area contributed by atoms with E-state index in [-0.39, 0.29) is 11.1 Å². The minimum atomic E-state index is -4.92. The summed E-state index contributed by atoms with van der Waals surface area (Å²) in [6, 6.07) is 0. The van der Waals surface area contributed by atoms with Crippen LogP contribution in [0.15, 0.2) is 0 Å². The Morgan fingerprint density at radius 2 is 1.59 bits per heavy atom. The minimum Gasteiger partial charge on any atom is -0.456 e. The molecule has 1 heterocycles. The summed E-state index contributed by atoms with van der Waals surface area (Å²) in [6.45, 7) is 7.51. The van der Waals surface area contributed by atoms with Crippen LogP contribution in [-0.2, 0) is 9.53 Å². The Hall–Kier alpha value is -0.780. The number of carbonyl (C=O) groups excluding carboxylic acids is 1. The molecule has 1 rings (SSSR count). The molecule has 0 aromatic rings. The number of rotatable bonds is 1. The van der Waals surface area contributed by atoms with Crippen LogP contribution in [0.25, 0.3) is 0 Å². The molecule has 1 N–H and O–H groups in total. The molecule has 0 amide bonds. The Balaban J connectivity index is 2.70. The van der Waals surface area contributed by atoms with Gasteiger partial charge in [-0.2, -0.15) is 13.2 Å². The average molecular weight is 253 g/mol. The molecule has 17 heavy (non-hydrogen) atoms. The van der Waals surface area contributed by atoms with Crippen LogP contribution >= 0.6 is 0 Å². The van der Waals surface area contributed by atoms with Crippen molar-refractivity contribution in [2.75, 3.05) is 0 Å². The van der Waals surface area contributed by atoms with E-state index in [1.807, 2.05) is 27.7 Å². The van der Waals surface area contributed by atoms with E-state index >= 15 is 0 Å². The Morgan fingerprint density at radius 1 is 1.18 bits per heavy atom. The summed E-state index contributed by atoms with van der Waals surface area (Å²) in [5.74, 6) is -2.10. The van der Waals surface area contributed by atoms with Crippen molar-refractivity contribution >= 4 is 5.97 Å². The van der Waals surface area contributed by atoms with Gasteiger partial charge >= 0.3 is 12.1 Å². The van der Waals surface area contributed by atoms with Gasteiger partial charge in [-0.15, -0.1) is 0 Å². The van der Waals surface area contributed by atoms with Gasteiger partial charge in [0, 0.05) is 23.9 Å². The largest absolute Gasteiger partial charge is 0.490 e. The fourth-order valence-electron chi connectivity index (χ4n) is 2.53. The van der Waals surface area contributed by atoms with Gasteiger partial charge in [0.2, 0.25) is 0 Å². The first-order valence-corrected chi connectivity index (χ1v) is 5.48. The molecule has 0 atom stereocenters. The fraction of sp³-hybridized carbons (Fsp3) is 0.909. The Labute approximate surface area is 98.7 Å². The number of hydrogen-bond donors (Lipinski definition) is 1. The molecule has 0 spiro atoms. The third-order valence-corrected chi connectivity index (χ3v) is 2.66. The lowest BCUT2D eigenvalue weighted by molar-refractivity contribution is -0.207. The number of halogens is 3. The van der Waals surface area contributed by atoms with Crippen LogP contribution in [0.2, 0.25) is 0 Å². The second-order valence-electron chi connectivity index (χ2n) is 5.83. The van der Waals surface area contributed by atoms with E-state index < -0.39 is 18.2 Å². The molecule has 0 aromatic carbocycles. The Kier molecular flexibility index (Phi) is 3.49. The number of ether oxygens (including phenoxy) is 1. The highest BCUT2D eigenvalue weighted by molar-refractivity contribution is 5.75. The van der Waals surface area contributed by atoms with Gasteiger partial charge < -0.3 is 10.1 Å². The van der Waals surface area contributed by atoms with E-state index in [0.717, 1.165) is 0 Å². The Morgan fingerprint density at radius 3 is 1.94 bits per heavy atom. The molecule has 1 fully saturated rings. The Bertz CT molecular complexity index is 294. The summed E-state index contributed by atoms with van der Waals surface area (Å²) < 4.78 is 40.8. The molecule has 0 bridgehead atoms. The van der Waals surface area contributed by atoms with Crippen LogP contribution < -0.4 is 5.32 Å². The minimum absolute atomic E-state index is 0.349. The van der Waals surface area contributed by atoms with Crippen molar-refractivity contribution in [1.29, 1.82) is 0 Å². The van der Waals surface area contributed by atoms with Gasteiger partial charge in [0.25, 0.3) is 0 Å². The number of alkyl halides is 3. The highest BCUT2D eigenvalue weighted by Gasteiger charge is 2.45. The van der Waals surface area contributed by atoms with Crippen molar-refractivity contribution in [1.82, 2.24) is 5.32 Å². The molecule has 0 saturated carbocycles. The van der Waals surface area contributed by atoms with Crippen LogP contribution in [0, 0.1) is 0 Å². The molecular formula is C11H18F3NO2. The first-order chi connectivity index (χ1) is 7.41. The van der Waals surface area contributed by atoms with Crippen molar-refractivity contribution in [3.63, 3.8) is 0 Å². The second-order valence-corrected chi connectivity index (χ2v) is 5.83. The normalized spacial score (nSPS) is 24.4. The average Bonchev–Trinajstić information content (AvgIpc) is 1.94. The number of carbonyl (C=O) groups is 1. The first-order valence-electron chi connectivity index (χ1n) is 5.48. The predicted octanol–water partition coefficient (Wildman–Crippen LogP) is 2.40. The third kappa shape index (κ3) is 4.18. The van der Waals surface area contributed by atoms with E-state index in [2.05, 4.69) is 10.1 Å². The zero-order chi connectivity index (χ0) is 13.5. The standard InChI is InChI=1S/C11H18F3NO2/c1-9(2)5-7(6-10(3,4)15-9)17-8(16)11(12,13)14/h7,15H,5-6H2,1-4H3. The summed E-state index contributed by atoms with van der Waals surface area (Å²) in [6.07, 6.45) is -4.87. The zero-order valence-corrected chi connectivity index (χ0v) is 10.4. The van der Waals surface area contributed by atoms with Crippen LogP contribution in [0.1, 0.15) is 40.5 Å². The lowest BCUT2D eigenvalue weighted by Gasteiger charge is -2.45. The molecule has 1 saturated heterocycles. The van der Waals surface area contributed by atoms with Gasteiger partial charge in [0.1, 0.15) is 6.10 Å². The molecule has 100 valence electrons. The third-order valence-electron chi connectivity index (χ3n) is 2.66. The van der Waals surface area contributed by atoms with Crippen molar-refractivity contribution in [2.24, 2.45) is 0 Å².